The zero-order valence-electron chi connectivity index (χ0n) is 11.1. The molecule has 4 aromatic rings. The van der Waals surface area contributed by atoms with Gasteiger partial charge in [-0.25, -0.2) is 4.98 Å². The van der Waals surface area contributed by atoms with Crippen molar-refractivity contribution in [3.63, 3.8) is 0 Å². The minimum Gasteiger partial charge on any atom is -0.280 e. The Bertz CT molecular complexity index is 922. The first-order valence-corrected chi connectivity index (χ1v) is 6.62. The zero-order valence-corrected chi connectivity index (χ0v) is 11.1. The number of fused-ring (bicyclic) bond motifs is 2. The molecule has 0 saturated carbocycles. The van der Waals surface area contributed by atoms with Crippen LogP contribution in [-0.2, 0) is 0 Å². The number of aryl methyl sites for hydroxylation is 1. The molecule has 96 valence electrons. The number of hydrogen-bond donors (Lipinski definition) is 1. The second kappa shape index (κ2) is 4.17. The number of benzene rings is 2. The number of pyridine rings is 1. The van der Waals surface area contributed by atoms with Crippen molar-refractivity contribution in [3.05, 3.63) is 60.3 Å². The van der Waals surface area contributed by atoms with Gasteiger partial charge < -0.3 is 0 Å². The second-order valence-corrected chi connectivity index (χ2v) is 4.98. The van der Waals surface area contributed by atoms with E-state index in [-0.39, 0.29) is 0 Å². The molecule has 0 spiro atoms. The van der Waals surface area contributed by atoms with E-state index in [1.54, 1.807) is 0 Å². The topological polar surface area (TPSA) is 41.6 Å². The number of aromatic nitrogens is 3. The Hall–Kier alpha value is -2.68. The van der Waals surface area contributed by atoms with Gasteiger partial charge in [0.05, 0.1) is 5.69 Å². The van der Waals surface area contributed by atoms with Crippen LogP contribution < -0.4 is 0 Å². The van der Waals surface area contributed by atoms with Gasteiger partial charge in [-0.3, -0.25) is 5.10 Å². The molecule has 4 rings (SSSR count). The molecule has 0 saturated heterocycles. The summed E-state index contributed by atoms with van der Waals surface area (Å²) in [5, 5.41) is 10.8. The van der Waals surface area contributed by atoms with E-state index in [0.717, 1.165) is 28.0 Å². The van der Waals surface area contributed by atoms with Crippen LogP contribution in [0, 0.1) is 6.92 Å². The molecule has 3 nitrogen and oxygen atoms in total. The molecule has 0 radical (unpaired) electrons. The molecule has 0 aliphatic carbocycles. The van der Waals surface area contributed by atoms with Crippen molar-refractivity contribution in [1.29, 1.82) is 0 Å². The van der Waals surface area contributed by atoms with Crippen molar-refractivity contribution in [1.82, 2.24) is 15.2 Å². The fourth-order valence-electron chi connectivity index (χ4n) is 2.53. The highest BCUT2D eigenvalue weighted by Gasteiger charge is 2.06. The first kappa shape index (κ1) is 11.2. The van der Waals surface area contributed by atoms with E-state index in [1.807, 2.05) is 6.92 Å². The minimum absolute atomic E-state index is 0.771. The third-order valence-electron chi connectivity index (χ3n) is 3.65. The highest BCUT2D eigenvalue weighted by molar-refractivity contribution is 5.88. The lowest BCUT2D eigenvalue weighted by atomic mass is 10.0. The van der Waals surface area contributed by atoms with Crippen molar-refractivity contribution >= 4 is 21.8 Å². The molecule has 0 aliphatic heterocycles. The van der Waals surface area contributed by atoms with Crippen LogP contribution in [0.2, 0.25) is 0 Å². The van der Waals surface area contributed by atoms with Gasteiger partial charge in [0.2, 0.25) is 0 Å². The Morgan fingerprint density at radius 3 is 2.65 bits per heavy atom. The van der Waals surface area contributed by atoms with Gasteiger partial charge in [-0.1, -0.05) is 36.4 Å². The summed E-state index contributed by atoms with van der Waals surface area (Å²) in [5.74, 6) is 0. The van der Waals surface area contributed by atoms with Crippen LogP contribution in [-0.4, -0.2) is 15.2 Å². The molecular formula is C17H13N3. The quantitative estimate of drug-likeness (QED) is 0.559. The van der Waals surface area contributed by atoms with Crippen LogP contribution in [0.1, 0.15) is 5.69 Å². The number of aromatic amines is 1. The molecule has 0 fully saturated rings. The third-order valence-corrected chi connectivity index (χ3v) is 3.65. The molecule has 3 heteroatoms. The maximum Gasteiger partial charge on any atom is 0.181 e. The number of nitrogens with zero attached hydrogens (tertiary/aromatic N) is 2. The maximum atomic E-state index is 4.63. The van der Waals surface area contributed by atoms with Gasteiger partial charge in [0.15, 0.2) is 5.65 Å². The summed E-state index contributed by atoms with van der Waals surface area (Å²) in [6.07, 6.45) is 0. The first-order valence-electron chi connectivity index (χ1n) is 6.62. The van der Waals surface area contributed by atoms with Crippen molar-refractivity contribution in [2.75, 3.05) is 0 Å². The van der Waals surface area contributed by atoms with Crippen molar-refractivity contribution in [2.24, 2.45) is 0 Å². The summed E-state index contributed by atoms with van der Waals surface area (Å²) in [7, 11) is 0. The molecule has 0 unspecified atom stereocenters. The molecule has 0 bridgehead atoms. The average Bonchev–Trinajstić information content (AvgIpc) is 2.88. The smallest absolute Gasteiger partial charge is 0.181 e. The first-order chi connectivity index (χ1) is 9.81. The van der Waals surface area contributed by atoms with Gasteiger partial charge in [0.25, 0.3) is 0 Å². The van der Waals surface area contributed by atoms with E-state index in [9.17, 15) is 0 Å². The summed E-state index contributed by atoms with van der Waals surface area (Å²) in [6, 6.07) is 18.9. The zero-order chi connectivity index (χ0) is 13.5. The third kappa shape index (κ3) is 1.67. The molecule has 0 amide bonds. The Balaban J connectivity index is 1.91. The molecule has 2 heterocycles. The van der Waals surface area contributed by atoms with Crippen molar-refractivity contribution in [3.8, 4) is 11.3 Å². The Morgan fingerprint density at radius 1 is 0.900 bits per heavy atom. The van der Waals surface area contributed by atoms with E-state index in [4.69, 9.17) is 0 Å². The SMILES string of the molecule is Cc1[nH]nc2nc(-c3ccc4ccccc4c3)ccc12. The largest absolute Gasteiger partial charge is 0.280 e. The van der Waals surface area contributed by atoms with Crippen LogP contribution in [0.4, 0.5) is 0 Å². The van der Waals surface area contributed by atoms with Gasteiger partial charge in [-0.05, 0) is 35.9 Å². The average molecular weight is 259 g/mol. The summed E-state index contributed by atoms with van der Waals surface area (Å²) >= 11 is 0. The van der Waals surface area contributed by atoms with Crippen molar-refractivity contribution in [2.45, 2.75) is 6.92 Å². The predicted octanol–water partition coefficient (Wildman–Crippen LogP) is 4.09. The van der Waals surface area contributed by atoms with Gasteiger partial charge in [-0.2, -0.15) is 5.10 Å². The summed E-state index contributed by atoms with van der Waals surface area (Å²) < 4.78 is 0. The molecule has 2 aromatic carbocycles. The molecule has 2 aromatic heterocycles. The molecular weight excluding hydrogens is 246 g/mol. The number of rotatable bonds is 1. The lowest BCUT2D eigenvalue weighted by Crippen LogP contribution is -1.85. The number of nitrogens with one attached hydrogen (secondary N) is 1. The van der Waals surface area contributed by atoms with E-state index in [1.165, 1.54) is 10.8 Å². The second-order valence-electron chi connectivity index (χ2n) is 4.98. The van der Waals surface area contributed by atoms with Crippen LogP contribution in [0.25, 0.3) is 33.1 Å². The van der Waals surface area contributed by atoms with Crippen LogP contribution in [0.3, 0.4) is 0 Å². The number of hydrogen-bond acceptors (Lipinski definition) is 2. The number of H-pyrrole nitrogens is 1. The van der Waals surface area contributed by atoms with E-state index in [0.29, 0.717) is 0 Å². The van der Waals surface area contributed by atoms with E-state index in [2.05, 4.69) is 69.8 Å². The van der Waals surface area contributed by atoms with Gasteiger partial charge >= 0.3 is 0 Å². The lowest BCUT2D eigenvalue weighted by Gasteiger charge is -2.03. The van der Waals surface area contributed by atoms with Gasteiger partial charge in [0.1, 0.15) is 0 Å². The van der Waals surface area contributed by atoms with Crippen LogP contribution in [0.15, 0.2) is 54.6 Å². The molecule has 1 N–H and O–H groups in total. The van der Waals surface area contributed by atoms with Crippen molar-refractivity contribution < 1.29 is 0 Å². The molecule has 20 heavy (non-hydrogen) atoms. The summed E-state index contributed by atoms with van der Waals surface area (Å²) in [4.78, 5) is 4.63. The molecule has 0 aliphatic rings. The van der Waals surface area contributed by atoms with Crippen LogP contribution in [0.5, 0.6) is 0 Å². The molecule has 0 atom stereocenters. The standard InChI is InChI=1S/C17H13N3/c1-11-15-8-9-16(18-17(15)20-19-11)14-7-6-12-4-2-3-5-13(12)10-14/h2-10H,1H3,(H,18,19,20). The maximum absolute atomic E-state index is 4.63. The van der Waals surface area contributed by atoms with Gasteiger partial charge in [0, 0.05) is 16.6 Å². The normalized spacial score (nSPS) is 11.2. The Kier molecular flexibility index (Phi) is 2.33. The Morgan fingerprint density at radius 2 is 1.75 bits per heavy atom. The Labute approximate surface area is 116 Å². The van der Waals surface area contributed by atoms with Crippen LogP contribution >= 0.6 is 0 Å². The summed E-state index contributed by atoms with van der Waals surface area (Å²) in [6.45, 7) is 2.01. The minimum atomic E-state index is 0.771. The fourth-order valence-corrected chi connectivity index (χ4v) is 2.53. The predicted molar refractivity (Wildman–Crippen MR) is 81.6 cm³/mol. The fraction of sp³-hybridized carbons (Fsp3) is 0.0588. The lowest BCUT2D eigenvalue weighted by molar-refractivity contribution is 1.06. The van der Waals surface area contributed by atoms with Gasteiger partial charge in [-0.15, -0.1) is 0 Å². The van der Waals surface area contributed by atoms with E-state index < -0.39 is 0 Å². The highest BCUT2D eigenvalue weighted by Crippen LogP contribution is 2.25. The monoisotopic (exact) mass is 259 g/mol. The summed E-state index contributed by atoms with van der Waals surface area (Å²) in [5.41, 5.74) is 3.90. The highest BCUT2D eigenvalue weighted by atomic mass is 15.1. The van der Waals surface area contributed by atoms with E-state index >= 15 is 0 Å².